The van der Waals surface area contributed by atoms with Crippen LogP contribution < -0.4 is 5.73 Å². The van der Waals surface area contributed by atoms with Crippen molar-refractivity contribution in [3.05, 3.63) is 34.9 Å². The fraction of sp³-hybridized carbons (Fsp3) is 0.167. The molecule has 0 saturated carbocycles. The fourth-order valence-corrected chi connectivity index (χ4v) is 2.05. The van der Waals surface area contributed by atoms with Crippen LogP contribution in [0.4, 0.5) is 5.95 Å². The van der Waals surface area contributed by atoms with Crippen molar-refractivity contribution in [3.8, 4) is 5.95 Å². The predicted octanol–water partition coefficient (Wildman–Crippen LogP) is 2.06. The van der Waals surface area contributed by atoms with Crippen LogP contribution in [0.3, 0.4) is 0 Å². The average molecular weight is 275 g/mol. The Hall–Kier alpha value is -2.21. The molecule has 0 aliphatic rings. The van der Waals surface area contributed by atoms with Gasteiger partial charge in [0, 0.05) is 0 Å². The lowest BCUT2D eigenvalue weighted by molar-refractivity contribution is 0.920. The van der Waals surface area contributed by atoms with Crippen molar-refractivity contribution in [2.75, 3.05) is 5.73 Å². The number of nitrogens with two attached hydrogens (primary N) is 1. The van der Waals surface area contributed by atoms with Gasteiger partial charge in [-0.3, -0.25) is 4.57 Å². The van der Waals surface area contributed by atoms with Crippen LogP contribution in [0.1, 0.15) is 11.1 Å². The molecule has 0 unspecified atom stereocenters. The topological polar surface area (TPSA) is 82.5 Å². The molecule has 0 aliphatic carbocycles. The molecule has 7 heteroatoms. The van der Waals surface area contributed by atoms with Crippen molar-refractivity contribution in [1.29, 1.82) is 0 Å². The van der Waals surface area contributed by atoms with Gasteiger partial charge in [0.2, 0.25) is 17.2 Å². The van der Waals surface area contributed by atoms with Crippen LogP contribution in [0.15, 0.2) is 18.5 Å². The van der Waals surface area contributed by atoms with E-state index >= 15 is 0 Å². The van der Waals surface area contributed by atoms with Crippen LogP contribution in [0.25, 0.3) is 17.0 Å². The number of imidazole rings is 1. The zero-order chi connectivity index (χ0) is 13.6. The summed E-state index contributed by atoms with van der Waals surface area (Å²) in [5, 5.41) is 0.0631. The average Bonchev–Trinajstić information content (AvgIpc) is 2.71. The standard InChI is InChI=1S/C12H11ClN6/c1-6-3-8-9(4-7(6)2)19(5-15-8)12-17-10(13)16-11(14)18-12/h3-5H,1-2H3,(H2,14,16,17,18). The SMILES string of the molecule is Cc1cc2ncn(-c3nc(N)nc(Cl)n3)c2cc1C. The second-order valence-electron chi connectivity index (χ2n) is 4.30. The summed E-state index contributed by atoms with van der Waals surface area (Å²) in [5.74, 6) is 0.448. The van der Waals surface area contributed by atoms with Crippen LogP contribution in [0, 0.1) is 13.8 Å². The zero-order valence-electron chi connectivity index (χ0n) is 10.4. The Kier molecular flexibility index (Phi) is 2.60. The van der Waals surface area contributed by atoms with Gasteiger partial charge in [-0.25, -0.2) is 4.98 Å². The largest absolute Gasteiger partial charge is 0.368 e. The number of aromatic nitrogens is 5. The lowest BCUT2D eigenvalue weighted by Crippen LogP contribution is -2.05. The molecule has 0 saturated heterocycles. The molecule has 0 atom stereocenters. The first-order valence-electron chi connectivity index (χ1n) is 5.66. The fourth-order valence-electron chi connectivity index (χ4n) is 1.89. The third-order valence-electron chi connectivity index (χ3n) is 2.99. The van der Waals surface area contributed by atoms with Gasteiger partial charge in [-0.1, -0.05) is 0 Å². The monoisotopic (exact) mass is 274 g/mol. The van der Waals surface area contributed by atoms with Gasteiger partial charge in [-0.2, -0.15) is 15.0 Å². The third kappa shape index (κ3) is 2.00. The summed E-state index contributed by atoms with van der Waals surface area (Å²) in [6.45, 7) is 4.09. The minimum Gasteiger partial charge on any atom is -0.368 e. The number of halogens is 1. The molecule has 0 fully saturated rings. The second kappa shape index (κ2) is 4.17. The van der Waals surface area contributed by atoms with Crippen molar-refractivity contribution in [3.63, 3.8) is 0 Å². The molecule has 2 aromatic heterocycles. The van der Waals surface area contributed by atoms with Crippen LogP contribution in [0.5, 0.6) is 0 Å². The second-order valence-corrected chi connectivity index (χ2v) is 4.64. The van der Waals surface area contributed by atoms with Gasteiger partial charge in [0.15, 0.2) is 0 Å². The van der Waals surface area contributed by atoms with Gasteiger partial charge >= 0.3 is 0 Å². The number of nitrogens with zero attached hydrogens (tertiary/aromatic N) is 5. The molecule has 2 N–H and O–H groups in total. The quantitative estimate of drug-likeness (QED) is 0.734. The van der Waals surface area contributed by atoms with Crippen molar-refractivity contribution in [2.45, 2.75) is 13.8 Å². The summed E-state index contributed by atoms with van der Waals surface area (Å²) in [6.07, 6.45) is 1.65. The third-order valence-corrected chi connectivity index (χ3v) is 3.16. The molecule has 2 heterocycles. The van der Waals surface area contributed by atoms with Crippen LogP contribution in [-0.4, -0.2) is 24.5 Å². The van der Waals surface area contributed by atoms with Gasteiger partial charge < -0.3 is 5.73 Å². The Bertz CT molecular complexity index is 759. The molecule has 19 heavy (non-hydrogen) atoms. The maximum absolute atomic E-state index is 5.80. The van der Waals surface area contributed by atoms with Gasteiger partial charge in [0.05, 0.1) is 11.0 Å². The summed E-state index contributed by atoms with van der Waals surface area (Å²) >= 11 is 5.80. The lowest BCUT2D eigenvalue weighted by atomic mass is 10.1. The van der Waals surface area contributed by atoms with Crippen LogP contribution >= 0.6 is 11.6 Å². The van der Waals surface area contributed by atoms with Gasteiger partial charge in [0.25, 0.3) is 0 Å². The first kappa shape index (κ1) is 11.9. The summed E-state index contributed by atoms with van der Waals surface area (Å²) < 4.78 is 1.74. The molecular formula is C12H11ClN6. The first-order chi connectivity index (χ1) is 9.04. The molecule has 0 radical (unpaired) electrons. The van der Waals surface area contributed by atoms with Crippen molar-refractivity contribution >= 4 is 28.6 Å². The number of aryl methyl sites for hydroxylation is 2. The van der Waals surface area contributed by atoms with E-state index in [1.54, 1.807) is 10.9 Å². The Morgan fingerprint density at radius 1 is 1.11 bits per heavy atom. The van der Waals surface area contributed by atoms with Crippen molar-refractivity contribution in [1.82, 2.24) is 24.5 Å². The number of anilines is 1. The Balaban J connectivity index is 2.28. The predicted molar refractivity (Wildman–Crippen MR) is 73.4 cm³/mol. The number of hydrogen-bond acceptors (Lipinski definition) is 5. The Labute approximate surface area is 114 Å². The molecule has 0 amide bonds. The maximum Gasteiger partial charge on any atom is 0.241 e. The van der Waals surface area contributed by atoms with Gasteiger partial charge in [-0.15, -0.1) is 0 Å². The molecule has 3 aromatic rings. The maximum atomic E-state index is 5.80. The highest BCUT2D eigenvalue weighted by Crippen LogP contribution is 2.20. The number of rotatable bonds is 1. The highest BCUT2D eigenvalue weighted by molar-refractivity contribution is 6.28. The Morgan fingerprint density at radius 3 is 2.58 bits per heavy atom. The molecule has 0 bridgehead atoms. The van der Waals surface area contributed by atoms with E-state index in [4.69, 9.17) is 17.3 Å². The molecule has 1 aromatic carbocycles. The minimum absolute atomic E-state index is 0.0631. The molecule has 3 rings (SSSR count). The van der Waals surface area contributed by atoms with E-state index in [2.05, 4.69) is 19.9 Å². The van der Waals surface area contributed by atoms with E-state index in [0.717, 1.165) is 11.0 Å². The number of fused-ring (bicyclic) bond motifs is 1. The minimum atomic E-state index is 0.0631. The summed E-state index contributed by atoms with van der Waals surface area (Å²) in [4.78, 5) is 16.2. The summed E-state index contributed by atoms with van der Waals surface area (Å²) in [6, 6.07) is 4.05. The van der Waals surface area contributed by atoms with Crippen molar-refractivity contribution < 1.29 is 0 Å². The molecule has 0 aliphatic heterocycles. The highest BCUT2D eigenvalue weighted by Gasteiger charge is 2.10. The summed E-state index contributed by atoms with van der Waals surface area (Å²) in [7, 11) is 0. The molecule has 96 valence electrons. The van der Waals surface area contributed by atoms with Gasteiger partial charge in [0.1, 0.15) is 6.33 Å². The summed E-state index contributed by atoms with van der Waals surface area (Å²) in [5.41, 5.74) is 9.72. The number of hydrogen-bond donors (Lipinski definition) is 1. The normalized spacial score (nSPS) is 11.1. The van der Waals surface area contributed by atoms with E-state index in [1.807, 2.05) is 26.0 Å². The van der Waals surface area contributed by atoms with E-state index in [-0.39, 0.29) is 11.2 Å². The smallest absolute Gasteiger partial charge is 0.241 e. The van der Waals surface area contributed by atoms with Crippen LogP contribution in [-0.2, 0) is 0 Å². The van der Waals surface area contributed by atoms with E-state index < -0.39 is 0 Å². The van der Waals surface area contributed by atoms with Crippen molar-refractivity contribution in [2.24, 2.45) is 0 Å². The van der Waals surface area contributed by atoms with E-state index in [1.165, 1.54) is 11.1 Å². The molecule has 6 nitrogen and oxygen atoms in total. The Morgan fingerprint density at radius 2 is 1.84 bits per heavy atom. The lowest BCUT2D eigenvalue weighted by Gasteiger charge is -2.05. The first-order valence-corrected chi connectivity index (χ1v) is 6.04. The molecule has 0 spiro atoms. The zero-order valence-corrected chi connectivity index (χ0v) is 11.2. The number of benzene rings is 1. The molecular weight excluding hydrogens is 264 g/mol. The van der Waals surface area contributed by atoms with E-state index in [0.29, 0.717) is 5.95 Å². The van der Waals surface area contributed by atoms with Crippen LogP contribution in [0.2, 0.25) is 5.28 Å². The van der Waals surface area contributed by atoms with Gasteiger partial charge in [-0.05, 0) is 48.7 Å². The highest BCUT2D eigenvalue weighted by atomic mass is 35.5. The number of nitrogen functional groups attached to an aromatic ring is 1. The van der Waals surface area contributed by atoms with E-state index in [9.17, 15) is 0 Å².